The molecule has 1 aromatic carbocycles. The number of benzene rings is 1. The molecule has 0 amide bonds. The standard InChI is InChI=1S/C25H30N6O3S/c1-2-5-14-12-19(30-24-20(14)21(26)22(35-24)25(33)34)31-10-8-15(9-11-31)27-13-18(32)23-28-16-6-3-4-7-17(16)29-23/h3-4,6-7,12,15,18,27,32H,2,5,8-11,13,26H2,1H3,(H,28,29)(H,33,34). The van der Waals surface area contributed by atoms with Crippen LogP contribution in [-0.4, -0.2) is 56.8 Å². The highest BCUT2D eigenvalue weighted by Gasteiger charge is 2.24. The summed E-state index contributed by atoms with van der Waals surface area (Å²) in [6.07, 6.45) is 2.90. The number of hydrogen-bond donors (Lipinski definition) is 5. The molecule has 184 valence electrons. The SMILES string of the molecule is CCCc1cc(N2CCC(NCC(O)c3nc4ccccc4[nH]3)CC2)nc2sc(C(=O)O)c(N)c12. The fraction of sp³-hybridized carbons (Fsp3) is 0.400. The van der Waals surface area contributed by atoms with Crippen LogP contribution in [0.2, 0.25) is 0 Å². The minimum Gasteiger partial charge on any atom is -0.477 e. The van der Waals surface area contributed by atoms with E-state index in [9.17, 15) is 15.0 Å². The minimum absolute atomic E-state index is 0.160. The van der Waals surface area contributed by atoms with Gasteiger partial charge in [-0.15, -0.1) is 11.3 Å². The minimum atomic E-state index is -1.01. The number of H-pyrrole nitrogens is 1. The Kier molecular flexibility index (Phi) is 6.59. The number of piperidine rings is 1. The number of thiophene rings is 1. The van der Waals surface area contributed by atoms with Gasteiger partial charge in [0.1, 0.15) is 27.5 Å². The molecule has 10 heteroatoms. The maximum absolute atomic E-state index is 11.6. The quantitative estimate of drug-likeness (QED) is 0.250. The van der Waals surface area contributed by atoms with Crippen LogP contribution in [-0.2, 0) is 6.42 Å². The number of fused-ring (bicyclic) bond motifs is 2. The van der Waals surface area contributed by atoms with Crippen molar-refractivity contribution in [2.75, 3.05) is 30.3 Å². The molecule has 5 rings (SSSR count). The zero-order valence-corrected chi connectivity index (χ0v) is 20.4. The number of carboxylic acid groups (broad SMARTS) is 1. The van der Waals surface area contributed by atoms with Crippen LogP contribution in [0.4, 0.5) is 11.5 Å². The average molecular weight is 495 g/mol. The van der Waals surface area contributed by atoms with Crippen molar-refractivity contribution in [3.8, 4) is 0 Å². The molecule has 1 aliphatic rings. The second-order valence-electron chi connectivity index (χ2n) is 9.04. The van der Waals surface area contributed by atoms with E-state index in [4.69, 9.17) is 10.7 Å². The first-order chi connectivity index (χ1) is 16.9. The average Bonchev–Trinajstić information content (AvgIpc) is 3.44. The summed E-state index contributed by atoms with van der Waals surface area (Å²) in [6, 6.07) is 10.1. The number of nitrogens with one attached hydrogen (secondary N) is 2. The van der Waals surface area contributed by atoms with Gasteiger partial charge in [-0.25, -0.2) is 14.8 Å². The van der Waals surface area contributed by atoms with Crippen molar-refractivity contribution in [3.63, 3.8) is 0 Å². The number of carboxylic acids is 1. The summed E-state index contributed by atoms with van der Waals surface area (Å²) in [5.74, 6) is 0.444. The third-order valence-corrected chi connectivity index (χ3v) is 7.71. The Bertz CT molecular complexity index is 1330. The lowest BCUT2D eigenvalue weighted by molar-refractivity contribution is 0.0703. The summed E-state index contributed by atoms with van der Waals surface area (Å²) < 4.78 is 0. The lowest BCUT2D eigenvalue weighted by atomic mass is 10.0. The van der Waals surface area contributed by atoms with E-state index in [1.807, 2.05) is 24.3 Å². The number of aromatic carboxylic acids is 1. The summed E-state index contributed by atoms with van der Waals surface area (Å²) in [7, 11) is 0. The van der Waals surface area contributed by atoms with Gasteiger partial charge in [0, 0.05) is 31.1 Å². The number of pyridine rings is 1. The maximum Gasteiger partial charge on any atom is 0.348 e. The normalized spacial score (nSPS) is 15.8. The van der Waals surface area contributed by atoms with Gasteiger partial charge in [-0.1, -0.05) is 25.5 Å². The number of para-hydroxylation sites is 2. The first kappa shape index (κ1) is 23.5. The van der Waals surface area contributed by atoms with Crippen molar-refractivity contribution in [1.29, 1.82) is 0 Å². The zero-order chi connectivity index (χ0) is 24.5. The lowest BCUT2D eigenvalue weighted by Gasteiger charge is -2.33. The van der Waals surface area contributed by atoms with Crippen LogP contribution in [0, 0.1) is 0 Å². The van der Waals surface area contributed by atoms with Crippen molar-refractivity contribution in [2.45, 2.75) is 44.8 Å². The highest BCUT2D eigenvalue weighted by Crippen LogP contribution is 2.37. The number of nitrogens with two attached hydrogens (primary N) is 1. The molecule has 4 aromatic rings. The van der Waals surface area contributed by atoms with Gasteiger partial charge in [0.15, 0.2) is 0 Å². The van der Waals surface area contributed by atoms with E-state index in [0.29, 0.717) is 28.9 Å². The molecule has 35 heavy (non-hydrogen) atoms. The molecular formula is C25H30N6O3S. The van der Waals surface area contributed by atoms with E-state index in [0.717, 1.165) is 77.9 Å². The molecule has 1 fully saturated rings. The van der Waals surface area contributed by atoms with Crippen LogP contribution in [0.1, 0.15) is 53.3 Å². The molecule has 0 spiro atoms. The predicted octanol–water partition coefficient (Wildman–Crippen LogP) is 3.70. The number of aliphatic hydroxyl groups excluding tert-OH is 1. The van der Waals surface area contributed by atoms with Crippen molar-refractivity contribution in [3.05, 3.63) is 46.6 Å². The van der Waals surface area contributed by atoms with Gasteiger partial charge in [0.2, 0.25) is 0 Å². The number of nitrogens with zero attached hydrogens (tertiary/aromatic N) is 3. The molecule has 0 saturated carbocycles. The molecule has 1 aliphatic heterocycles. The van der Waals surface area contributed by atoms with E-state index in [-0.39, 0.29) is 4.88 Å². The second-order valence-corrected chi connectivity index (χ2v) is 10.0. The first-order valence-corrected chi connectivity index (χ1v) is 12.8. The Morgan fingerprint density at radius 1 is 1.31 bits per heavy atom. The molecule has 1 unspecified atom stereocenters. The van der Waals surface area contributed by atoms with Crippen LogP contribution >= 0.6 is 11.3 Å². The lowest BCUT2D eigenvalue weighted by Crippen LogP contribution is -2.44. The van der Waals surface area contributed by atoms with Crippen LogP contribution in [0.5, 0.6) is 0 Å². The Morgan fingerprint density at radius 3 is 2.80 bits per heavy atom. The molecule has 1 atom stereocenters. The molecule has 1 saturated heterocycles. The summed E-state index contributed by atoms with van der Waals surface area (Å²) in [5.41, 5.74) is 9.34. The molecule has 0 bridgehead atoms. The third-order valence-electron chi connectivity index (χ3n) is 6.62. The maximum atomic E-state index is 11.6. The largest absolute Gasteiger partial charge is 0.477 e. The molecule has 3 aromatic heterocycles. The summed E-state index contributed by atoms with van der Waals surface area (Å²) in [6.45, 7) is 4.19. The molecular weight excluding hydrogens is 464 g/mol. The highest BCUT2D eigenvalue weighted by atomic mass is 32.1. The summed E-state index contributed by atoms with van der Waals surface area (Å²) in [4.78, 5) is 27.2. The molecule has 4 heterocycles. The molecule has 0 aliphatic carbocycles. The predicted molar refractivity (Wildman–Crippen MR) is 139 cm³/mol. The number of aromatic nitrogens is 3. The Labute approximate surface area is 207 Å². The molecule has 9 nitrogen and oxygen atoms in total. The van der Waals surface area contributed by atoms with E-state index in [1.54, 1.807) is 0 Å². The highest BCUT2D eigenvalue weighted by molar-refractivity contribution is 7.21. The third kappa shape index (κ3) is 4.69. The fourth-order valence-electron chi connectivity index (χ4n) is 4.79. The summed E-state index contributed by atoms with van der Waals surface area (Å²) >= 11 is 1.15. The number of anilines is 2. The number of imidazole rings is 1. The van der Waals surface area contributed by atoms with Gasteiger partial charge in [0.05, 0.1) is 16.7 Å². The second kappa shape index (κ2) is 9.80. The monoisotopic (exact) mass is 494 g/mol. The van der Waals surface area contributed by atoms with E-state index in [1.165, 1.54) is 0 Å². The van der Waals surface area contributed by atoms with Crippen molar-refractivity contribution in [1.82, 2.24) is 20.3 Å². The van der Waals surface area contributed by atoms with Gasteiger partial charge in [-0.05, 0) is 43.0 Å². The number of carbonyl (C=O) groups is 1. The van der Waals surface area contributed by atoms with E-state index < -0.39 is 12.1 Å². The first-order valence-electron chi connectivity index (χ1n) is 12.0. The number of aryl methyl sites for hydroxylation is 1. The number of nitrogen functional groups attached to an aromatic ring is 1. The number of aromatic amines is 1. The van der Waals surface area contributed by atoms with Crippen LogP contribution in [0.3, 0.4) is 0 Å². The molecule has 0 radical (unpaired) electrons. The van der Waals surface area contributed by atoms with Crippen molar-refractivity contribution in [2.24, 2.45) is 0 Å². The van der Waals surface area contributed by atoms with Gasteiger partial charge in [-0.3, -0.25) is 0 Å². The van der Waals surface area contributed by atoms with E-state index >= 15 is 0 Å². The zero-order valence-electron chi connectivity index (χ0n) is 19.6. The summed E-state index contributed by atoms with van der Waals surface area (Å²) in [5, 5.41) is 24.4. The topological polar surface area (TPSA) is 140 Å². The Morgan fingerprint density at radius 2 is 2.09 bits per heavy atom. The van der Waals surface area contributed by atoms with Crippen molar-refractivity contribution >= 4 is 50.1 Å². The number of rotatable bonds is 8. The Balaban J connectivity index is 1.24. The number of aliphatic hydroxyl groups is 1. The van der Waals surface area contributed by atoms with Crippen LogP contribution in [0.25, 0.3) is 21.3 Å². The van der Waals surface area contributed by atoms with E-state index in [2.05, 4.69) is 33.2 Å². The smallest absolute Gasteiger partial charge is 0.348 e. The van der Waals surface area contributed by atoms with Crippen LogP contribution in [0.15, 0.2) is 30.3 Å². The Hall–Kier alpha value is -3.21. The van der Waals surface area contributed by atoms with Gasteiger partial charge in [0.25, 0.3) is 0 Å². The van der Waals surface area contributed by atoms with Crippen LogP contribution < -0.4 is 16.0 Å². The van der Waals surface area contributed by atoms with Gasteiger partial charge < -0.3 is 31.1 Å². The fourth-order valence-corrected chi connectivity index (χ4v) is 5.77. The van der Waals surface area contributed by atoms with Crippen molar-refractivity contribution < 1.29 is 15.0 Å². The van der Waals surface area contributed by atoms with Gasteiger partial charge in [-0.2, -0.15) is 0 Å². The molecule has 6 N–H and O–H groups in total. The number of hydrogen-bond acceptors (Lipinski definition) is 8. The van der Waals surface area contributed by atoms with Gasteiger partial charge >= 0.3 is 5.97 Å².